The van der Waals surface area contributed by atoms with Crippen molar-refractivity contribution in [3.63, 3.8) is 0 Å². The van der Waals surface area contributed by atoms with Crippen LogP contribution in [0.25, 0.3) is 0 Å². The number of morpholine rings is 1. The molecule has 4 bridgehead atoms. The van der Waals surface area contributed by atoms with Crippen molar-refractivity contribution in [2.75, 3.05) is 19.7 Å². The Labute approximate surface area is 215 Å². The molecule has 2 heterocycles. The Bertz CT molecular complexity index is 1110. The smallest absolute Gasteiger partial charge is 0.291 e. The van der Waals surface area contributed by atoms with Gasteiger partial charge in [0, 0.05) is 24.0 Å². The van der Waals surface area contributed by atoms with Crippen molar-refractivity contribution in [2.24, 2.45) is 23.7 Å². The number of carbonyl (C=O) groups excluding carboxylic acids is 2. The van der Waals surface area contributed by atoms with E-state index >= 15 is 0 Å². The van der Waals surface area contributed by atoms with Crippen LogP contribution in [0.4, 0.5) is 0 Å². The molecule has 7 rings (SSSR count). The maximum Gasteiger partial charge on any atom is 0.291 e. The molecule has 1 N–H and O–H groups in total. The van der Waals surface area contributed by atoms with Crippen molar-refractivity contribution in [3.05, 3.63) is 36.1 Å². The standard InChI is InChI=1S/C27H33N3O5S/c1-15-12-30(13-16(2)34-15)22(31)14-33-27-25(36-20-6-4-3-5-7-20)24(35-29-27)26(32)28-23-19-9-17-8-18(11-19)21(23)10-17/h3-7,15-19,21,23H,8-14H2,1-2H3,(H,28,32)/t15-,16?,17?,18?,19?,21?,23?/m1/s1. The van der Waals surface area contributed by atoms with Gasteiger partial charge in [-0.15, -0.1) is 0 Å². The summed E-state index contributed by atoms with van der Waals surface area (Å²) < 4.78 is 17.1. The van der Waals surface area contributed by atoms with E-state index in [9.17, 15) is 9.59 Å². The number of nitrogens with zero attached hydrogens (tertiary/aromatic N) is 2. The van der Waals surface area contributed by atoms with Crippen molar-refractivity contribution >= 4 is 23.6 Å². The zero-order chi connectivity index (χ0) is 24.8. The topological polar surface area (TPSA) is 93.9 Å². The van der Waals surface area contributed by atoms with E-state index in [-0.39, 0.29) is 48.3 Å². The molecule has 5 aliphatic rings. The van der Waals surface area contributed by atoms with Gasteiger partial charge in [-0.05, 0) is 80.5 Å². The SMILES string of the molecule is CC1CN(C(=O)COc2noc(C(=O)NC3C4CC5CC(C4)C3C5)c2Sc2ccccc2)C[C@@H](C)O1. The molecule has 1 aromatic heterocycles. The lowest BCUT2D eigenvalue weighted by atomic mass is 9.79. The molecule has 4 aliphatic carbocycles. The summed E-state index contributed by atoms with van der Waals surface area (Å²) in [6.45, 7) is 4.78. The first-order valence-corrected chi connectivity index (χ1v) is 13.9. The molecule has 0 radical (unpaired) electrons. The van der Waals surface area contributed by atoms with E-state index < -0.39 is 0 Å². The highest BCUT2D eigenvalue weighted by Crippen LogP contribution is 2.58. The van der Waals surface area contributed by atoms with Gasteiger partial charge in [0.2, 0.25) is 5.76 Å². The first-order valence-electron chi connectivity index (χ1n) is 13.0. The maximum atomic E-state index is 13.4. The summed E-state index contributed by atoms with van der Waals surface area (Å²) in [5.74, 6) is 2.67. The molecule has 1 saturated heterocycles. The minimum absolute atomic E-state index is 0.0229. The second-order valence-corrected chi connectivity index (χ2v) is 12.0. The Balaban J connectivity index is 1.18. The number of hydrogen-bond donors (Lipinski definition) is 1. The van der Waals surface area contributed by atoms with Crippen LogP contribution in [-0.4, -0.2) is 59.8 Å². The molecular weight excluding hydrogens is 478 g/mol. The highest BCUT2D eigenvalue weighted by molar-refractivity contribution is 7.99. The number of aromatic nitrogens is 1. The van der Waals surface area contributed by atoms with Gasteiger partial charge in [0.1, 0.15) is 4.90 Å². The van der Waals surface area contributed by atoms with Gasteiger partial charge in [-0.1, -0.05) is 30.0 Å². The third-order valence-corrected chi connectivity index (χ3v) is 9.32. The quantitative estimate of drug-likeness (QED) is 0.600. The Morgan fingerprint density at radius 2 is 1.83 bits per heavy atom. The molecule has 8 nitrogen and oxygen atoms in total. The molecule has 192 valence electrons. The average Bonchev–Trinajstić information content (AvgIpc) is 3.46. The number of benzene rings is 1. The van der Waals surface area contributed by atoms with Crippen LogP contribution in [-0.2, 0) is 9.53 Å². The Morgan fingerprint density at radius 3 is 2.58 bits per heavy atom. The molecule has 6 unspecified atom stereocenters. The van der Waals surface area contributed by atoms with Gasteiger partial charge in [-0.25, -0.2) is 0 Å². The van der Waals surface area contributed by atoms with Crippen LogP contribution >= 0.6 is 11.8 Å². The Morgan fingerprint density at radius 1 is 1.08 bits per heavy atom. The van der Waals surface area contributed by atoms with Crippen LogP contribution in [0, 0.1) is 23.7 Å². The van der Waals surface area contributed by atoms with E-state index in [2.05, 4.69) is 10.5 Å². The maximum absolute atomic E-state index is 13.4. The van der Waals surface area contributed by atoms with Gasteiger partial charge < -0.3 is 24.2 Å². The molecule has 2 amide bonds. The number of amides is 2. The molecule has 7 atom stereocenters. The number of carbonyl (C=O) groups is 2. The average molecular weight is 512 g/mol. The molecule has 36 heavy (non-hydrogen) atoms. The van der Waals surface area contributed by atoms with Crippen LogP contribution in [0.1, 0.15) is 50.1 Å². The van der Waals surface area contributed by atoms with Crippen LogP contribution in [0.2, 0.25) is 0 Å². The fraction of sp³-hybridized carbons (Fsp3) is 0.593. The number of nitrogens with one attached hydrogen (secondary N) is 1. The molecule has 0 spiro atoms. The summed E-state index contributed by atoms with van der Waals surface area (Å²) in [5, 5.41) is 7.37. The molecule has 1 aliphatic heterocycles. The highest BCUT2D eigenvalue weighted by Gasteiger charge is 2.54. The van der Waals surface area contributed by atoms with Crippen LogP contribution in [0.15, 0.2) is 44.6 Å². The Kier molecular flexibility index (Phi) is 6.46. The predicted octanol–water partition coefficient (Wildman–Crippen LogP) is 4.00. The summed E-state index contributed by atoms with van der Waals surface area (Å²) >= 11 is 1.36. The zero-order valence-corrected chi connectivity index (χ0v) is 21.5. The molecule has 4 saturated carbocycles. The molecular formula is C27H33N3O5S. The van der Waals surface area contributed by atoms with Crippen LogP contribution in [0.3, 0.4) is 0 Å². The third kappa shape index (κ3) is 4.63. The minimum Gasteiger partial charge on any atom is -0.465 e. The van der Waals surface area contributed by atoms with Gasteiger partial charge in [-0.3, -0.25) is 9.59 Å². The summed E-state index contributed by atoms with van der Waals surface area (Å²) in [7, 11) is 0. The van der Waals surface area contributed by atoms with Gasteiger partial charge >= 0.3 is 0 Å². The van der Waals surface area contributed by atoms with Crippen molar-refractivity contribution in [1.29, 1.82) is 0 Å². The van der Waals surface area contributed by atoms with Crippen molar-refractivity contribution < 1.29 is 23.6 Å². The zero-order valence-electron chi connectivity index (χ0n) is 20.7. The molecule has 9 heteroatoms. The lowest BCUT2D eigenvalue weighted by molar-refractivity contribution is -0.145. The van der Waals surface area contributed by atoms with E-state index in [4.69, 9.17) is 14.0 Å². The molecule has 2 aromatic rings. The van der Waals surface area contributed by atoms with E-state index in [1.807, 2.05) is 44.2 Å². The number of hydrogen-bond acceptors (Lipinski definition) is 7. The summed E-state index contributed by atoms with van der Waals surface area (Å²) in [4.78, 5) is 29.5. The molecule has 5 fully saturated rings. The first-order chi connectivity index (χ1) is 17.4. The second kappa shape index (κ2) is 9.74. The minimum atomic E-state index is -0.251. The fourth-order valence-corrected chi connectivity index (χ4v) is 7.92. The lowest BCUT2D eigenvalue weighted by Crippen LogP contribution is -2.49. The molecule has 1 aromatic carbocycles. The predicted molar refractivity (Wildman–Crippen MR) is 133 cm³/mol. The summed E-state index contributed by atoms with van der Waals surface area (Å²) in [6.07, 6.45) is 4.94. The van der Waals surface area contributed by atoms with E-state index in [0.29, 0.717) is 29.8 Å². The summed E-state index contributed by atoms with van der Waals surface area (Å²) in [5.41, 5.74) is 0. The van der Waals surface area contributed by atoms with Crippen molar-refractivity contribution in [3.8, 4) is 5.88 Å². The van der Waals surface area contributed by atoms with Gasteiger partial charge in [-0.2, -0.15) is 0 Å². The third-order valence-electron chi connectivity index (χ3n) is 8.25. The van der Waals surface area contributed by atoms with Gasteiger partial charge in [0.25, 0.3) is 17.7 Å². The van der Waals surface area contributed by atoms with E-state index in [1.54, 1.807) is 4.90 Å². The van der Waals surface area contributed by atoms with E-state index in [0.717, 1.165) is 16.7 Å². The lowest BCUT2D eigenvalue weighted by Gasteiger charge is -2.35. The monoisotopic (exact) mass is 511 g/mol. The van der Waals surface area contributed by atoms with Crippen LogP contribution < -0.4 is 10.1 Å². The Hall–Kier alpha value is -2.52. The normalized spacial score (nSPS) is 32.6. The largest absolute Gasteiger partial charge is 0.465 e. The second-order valence-electron chi connectivity index (χ2n) is 10.9. The number of rotatable bonds is 7. The first kappa shape index (κ1) is 23.9. The summed E-state index contributed by atoms with van der Waals surface area (Å²) in [6, 6.07) is 9.93. The van der Waals surface area contributed by atoms with Crippen molar-refractivity contribution in [1.82, 2.24) is 15.4 Å². The van der Waals surface area contributed by atoms with Crippen LogP contribution in [0.5, 0.6) is 5.88 Å². The number of ether oxygens (including phenoxy) is 2. The fourth-order valence-electron chi connectivity index (χ4n) is 6.98. The van der Waals surface area contributed by atoms with Gasteiger partial charge in [0.15, 0.2) is 6.61 Å². The van der Waals surface area contributed by atoms with Gasteiger partial charge in [0.05, 0.1) is 12.2 Å². The van der Waals surface area contributed by atoms with E-state index in [1.165, 1.54) is 37.4 Å². The van der Waals surface area contributed by atoms with Crippen molar-refractivity contribution in [2.45, 2.75) is 67.6 Å². The highest BCUT2D eigenvalue weighted by atomic mass is 32.2.